The van der Waals surface area contributed by atoms with Gasteiger partial charge in [0.15, 0.2) is 5.82 Å². The minimum absolute atomic E-state index is 0.251. The summed E-state index contributed by atoms with van der Waals surface area (Å²) in [4.78, 5) is 6.12. The molecule has 2 aromatic heterocycles. The van der Waals surface area contributed by atoms with Gasteiger partial charge in [-0.15, -0.1) is 5.10 Å². The van der Waals surface area contributed by atoms with E-state index in [2.05, 4.69) is 46.4 Å². The summed E-state index contributed by atoms with van der Waals surface area (Å²) in [5.74, 6) is 1.41. The van der Waals surface area contributed by atoms with E-state index in [-0.39, 0.29) is 11.5 Å². The van der Waals surface area contributed by atoms with Gasteiger partial charge in [-0.25, -0.2) is 14.3 Å². The molecule has 0 amide bonds. The molecule has 0 saturated carbocycles. The first-order chi connectivity index (χ1) is 13.3. The molecule has 150 valence electrons. The number of nitrogens with zero attached hydrogens (tertiary/aromatic N) is 8. The molecule has 9 nitrogen and oxygen atoms in total. The van der Waals surface area contributed by atoms with Crippen LogP contribution in [-0.4, -0.2) is 54.0 Å². The third kappa shape index (κ3) is 4.66. The van der Waals surface area contributed by atoms with Gasteiger partial charge in [-0.3, -0.25) is 0 Å². The molecule has 0 saturated heterocycles. The zero-order chi connectivity index (χ0) is 20.3. The molecular weight excluding hydrogens is 380 g/mol. The lowest BCUT2D eigenvalue weighted by atomic mass is 9.85. The van der Waals surface area contributed by atoms with Gasteiger partial charge in [0.1, 0.15) is 24.4 Å². The Balaban J connectivity index is 2.05. The van der Waals surface area contributed by atoms with Gasteiger partial charge >= 0.3 is 0 Å². The molecule has 28 heavy (non-hydrogen) atoms. The minimum Gasteiger partial charge on any atom is -0.466 e. The standard InChI is InChI=1S/C18H25ClN8O/c1-18(2,3)16(27-15(10-25(4)5)22-23-24-27)17(26-12-20-11-21-26)28-14-8-6-13(19)7-9-14/h6-9,11-12,16-17H,10H2,1-5H3/t16-,17-/m1/s1. The molecule has 0 aliphatic heterocycles. The molecule has 0 aliphatic carbocycles. The van der Waals surface area contributed by atoms with Crippen molar-refractivity contribution >= 4 is 11.6 Å². The average Bonchev–Trinajstić information content (AvgIpc) is 3.27. The molecule has 0 radical (unpaired) electrons. The van der Waals surface area contributed by atoms with E-state index in [1.807, 2.05) is 35.8 Å². The van der Waals surface area contributed by atoms with Crippen LogP contribution in [0.2, 0.25) is 5.02 Å². The van der Waals surface area contributed by atoms with Crippen molar-refractivity contribution in [2.24, 2.45) is 5.41 Å². The summed E-state index contributed by atoms with van der Waals surface area (Å²) in [5, 5.41) is 17.4. The van der Waals surface area contributed by atoms with E-state index in [0.717, 1.165) is 5.82 Å². The smallest absolute Gasteiger partial charge is 0.215 e. The van der Waals surface area contributed by atoms with Crippen molar-refractivity contribution in [1.82, 2.24) is 39.9 Å². The van der Waals surface area contributed by atoms with E-state index in [0.29, 0.717) is 17.3 Å². The lowest BCUT2D eigenvalue weighted by Crippen LogP contribution is -2.38. The van der Waals surface area contributed by atoms with Gasteiger partial charge in [-0.1, -0.05) is 32.4 Å². The second kappa shape index (κ2) is 8.24. The molecule has 2 heterocycles. The molecular formula is C18H25ClN8O. The molecule has 0 fully saturated rings. The lowest BCUT2D eigenvalue weighted by Gasteiger charge is -2.37. The molecule has 0 aliphatic rings. The highest BCUT2D eigenvalue weighted by atomic mass is 35.5. The zero-order valence-corrected chi connectivity index (χ0v) is 17.4. The normalized spacial score (nSPS) is 14.2. The van der Waals surface area contributed by atoms with Crippen molar-refractivity contribution in [2.75, 3.05) is 14.1 Å². The number of rotatable bonds is 7. The highest BCUT2D eigenvalue weighted by molar-refractivity contribution is 6.30. The number of halogens is 1. The lowest BCUT2D eigenvalue weighted by molar-refractivity contribution is -0.000970. The van der Waals surface area contributed by atoms with Crippen LogP contribution in [0, 0.1) is 5.41 Å². The topological polar surface area (TPSA) is 86.8 Å². The maximum absolute atomic E-state index is 6.36. The SMILES string of the molecule is CN(C)Cc1nnnn1[C@H]([C@@H](Oc1ccc(Cl)cc1)n1cncn1)C(C)(C)C. The molecule has 1 aromatic carbocycles. The number of ether oxygens (including phenoxy) is 1. The average molecular weight is 405 g/mol. The van der Waals surface area contributed by atoms with Crippen molar-refractivity contribution in [3.05, 3.63) is 47.8 Å². The molecule has 0 unspecified atom stereocenters. The van der Waals surface area contributed by atoms with Crippen molar-refractivity contribution in [3.8, 4) is 5.75 Å². The third-order valence-corrected chi connectivity index (χ3v) is 4.46. The monoisotopic (exact) mass is 404 g/mol. The quantitative estimate of drug-likeness (QED) is 0.598. The minimum atomic E-state index is -0.520. The molecule has 0 bridgehead atoms. The predicted octanol–water partition coefficient (Wildman–Crippen LogP) is 2.84. The highest BCUT2D eigenvalue weighted by Gasteiger charge is 2.40. The molecule has 3 rings (SSSR count). The third-order valence-electron chi connectivity index (χ3n) is 4.21. The fraction of sp³-hybridized carbons (Fsp3) is 0.500. The van der Waals surface area contributed by atoms with Crippen LogP contribution in [0.25, 0.3) is 0 Å². The van der Waals surface area contributed by atoms with Crippen LogP contribution in [0.3, 0.4) is 0 Å². The van der Waals surface area contributed by atoms with Gasteiger partial charge in [0.2, 0.25) is 6.23 Å². The van der Waals surface area contributed by atoms with Gasteiger partial charge in [0, 0.05) is 5.02 Å². The number of hydrogen-bond donors (Lipinski definition) is 0. The molecule has 3 aromatic rings. The first-order valence-electron chi connectivity index (χ1n) is 8.93. The maximum atomic E-state index is 6.36. The summed E-state index contributed by atoms with van der Waals surface area (Å²) >= 11 is 6.01. The highest BCUT2D eigenvalue weighted by Crippen LogP contribution is 2.40. The Labute approximate surface area is 169 Å². The first kappa shape index (κ1) is 20.2. The van der Waals surface area contributed by atoms with Gasteiger partial charge in [0.25, 0.3) is 0 Å². The van der Waals surface area contributed by atoms with Crippen LogP contribution in [0.5, 0.6) is 5.75 Å². The summed E-state index contributed by atoms with van der Waals surface area (Å²) in [5.41, 5.74) is -0.251. The van der Waals surface area contributed by atoms with Crippen molar-refractivity contribution in [1.29, 1.82) is 0 Å². The predicted molar refractivity (Wildman–Crippen MR) is 105 cm³/mol. The van der Waals surface area contributed by atoms with Gasteiger partial charge in [0.05, 0.1) is 6.54 Å². The van der Waals surface area contributed by atoms with Gasteiger partial charge in [-0.05, 0) is 54.2 Å². The summed E-state index contributed by atoms with van der Waals surface area (Å²) in [6.45, 7) is 6.96. The van der Waals surface area contributed by atoms with Crippen LogP contribution in [0.1, 0.15) is 38.9 Å². The molecule has 2 atom stereocenters. The van der Waals surface area contributed by atoms with Gasteiger partial charge < -0.3 is 9.64 Å². The van der Waals surface area contributed by atoms with E-state index in [1.54, 1.807) is 23.1 Å². The zero-order valence-electron chi connectivity index (χ0n) is 16.7. The van der Waals surface area contributed by atoms with Crippen LogP contribution in [-0.2, 0) is 6.54 Å². The summed E-state index contributed by atoms with van der Waals surface area (Å²) in [6, 6.07) is 6.97. The van der Waals surface area contributed by atoms with E-state index >= 15 is 0 Å². The van der Waals surface area contributed by atoms with Crippen LogP contribution < -0.4 is 4.74 Å². The Bertz CT molecular complexity index is 870. The second-order valence-corrected chi connectivity index (χ2v) is 8.36. The second-order valence-electron chi connectivity index (χ2n) is 7.93. The number of hydrogen-bond acceptors (Lipinski definition) is 7. The van der Waals surface area contributed by atoms with Crippen LogP contribution in [0.15, 0.2) is 36.9 Å². The van der Waals surface area contributed by atoms with Crippen LogP contribution >= 0.6 is 11.6 Å². The largest absolute Gasteiger partial charge is 0.466 e. The first-order valence-corrected chi connectivity index (χ1v) is 9.31. The number of tetrazole rings is 1. The van der Waals surface area contributed by atoms with E-state index in [9.17, 15) is 0 Å². The fourth-order valence-corrected chi connectivity index (χ4v) is 3.12. The van der Waals surface area contributed by atoms with Crippen LogP contribution in [0.4, 0.5) is 0 Å². The van der Waals surface area contributed by atoms with E-state index in [4.69, 9.17) is 16.3 Å². The summed E-state index contributed by atoms with van der Waals surface area (Å²) < 4.78 is 9.87. The Morgan fingerprint density at radius 1 is 1.18 bits per heavy atom. The molecule has 0 N–H and O–H groups in total. The summed E-state index contributed by atoms with van der Waals surface area (Å²) in [6.07, 6.45) is 2.60. The van der Waals surface area contributed by atoms with E-state index in [1.165, 1.54) is 6.33 Å². The molecule has 0 spiro atoms. The van der Waals surface area contributed by atoms with Crippen molar-refractivity contribution in [3.63, 3.8) is 0 Å². The summed E-state index contributed by atoms with van der Waals surface area (Å²) in [7, 11) is 3.95. The Morgan fingerprint density at radius 2 is 1.89 bits per heavy atom. The molecule has 10 heteroatoms. The maximum Gasteiger partial charge on any atom is 0.215 e. The van der Waals surface area contributed by atoms with Gasteiger partial charge in [-0.2, -0.15) is 5.10 Å². The Hall–Kier alpha value is -2.52. The van der Waals surface area contributed by atoms with E-state index < -0.39 is 6.23 Å². The number of benzene rings is 1. The Morgan fingerprint density at radius 3 is 2.46 bits per heavy atom. The van der Waals surface area contributed by atoms with Crippen molar-refractivity contribution in [2.45, 2.75) is 39.6 Å². The Kier molecular flexibility index (Phi) is 5.95. The fourth-order valence-electron chi connectivity index (χ4n) is 3.00. The number of aromatic nitrogens is 7. The van der Waals surface area contributed by atoms with Crippen molar-refractivity contribution < 1.29 is 4.74 Å².